The van der Waals surface area contributed by atoms with Gasteiger partial charge in [-0.05, 0) is 19.8 Å². The largest absolute Gasteiger partial charge is 0.388 e. The number of hydrogen-bond donors (Lipinski definition) is 1. The standard InChI is InChI=1S/C12H18N2O3/c1-9-7-13-17-10(9)11(15)14(2)8-12(16)5-3-4-6-12/h7,16H,3-6,8H2,1-2H3. The molecule has 0 saturated heterocycles. The van der Waals surface area contributed by atoms with Gasteiger partial charge in [0.25, 0.3) is 5.91 Å². The number of likely N-dealkylation sites (N-methyl/N-ethyl adjacent to an activating group) is 1. The summed E-state index contributed by atoms with van der Waals surface area (Å²) in [6.07, 6.45) is 5.10. The maximum atomic E-state index is 12.0. The molecule has 0 aromatic carbocycles. The van der Waals surface area contributed by atoms with Crippen LogP contribution in [0, 0.1) is 6.92 Å². The summed E-state index contributed by atoms with van der Waals surface area (Å²) in [4.78, 5) is 13.6. The predicted molar refractivity (Wildman–Crippen MR) is 61.6 cm³/mol. The second-order valence-electron chi connectivity index (χ2n) is 4.93. The number of aryl methyl sites for hydroxylation is 1. The first-order valence-electron chi connectivity index (χ1n) is 5.91. The van der Waals surface area contributed by atoms with Gasteiger partial charge in [0.05, 0.1) is 11.8 Å². The van der Waals surface area contributed by atoms with Crippen LogP contribution in [0.15, 0.2) is 10.7 Å². The number of carbonyl (C=O) groups is 1. The molecule has 0 spiro atoms. The van der Waals surface area contributed by atoms with Gasteiger partial charge in [-0.1, -0.05) is 18.0 Å². The average molecular weight is 238 g/mol. The van der Waals surface area contributed by atoms with Crippen LogP contribution in [0.4, 0.5) is 0 Å². The van der Waals surface area contributed by atoms with Crippen LogP contribution in [0.5, 0.6) is 0 Å². The predicted octanol–water partition coefficient (Wildman–Crippen LogP) is 1.36. The number of aromatic nitrogens is 1. The fourth-order valence-corrected chi connectivity index (χ4v) is 2.37. The molecule has 1 aliphatic carbocycles. The molecule has 17 heavy (non-hydrogen) atoms. The third-order valence-corrected chi connectivity index (χ3v) is 3.36. The first-order valence-corrected chi connectivity index (χ1v) is 5.91. The van der Waals surface area contributed by atoms with Crippen molar-refractivity contribution in [1.29, 1.82) is 0 Å². The van der Waals surface area contributed by atoms with E-state index >= 15 is 0 Å². The normalized spacial score (nSPS) is 18.3. The van der Waals surface area contributed by atoms with Gasteiger partial charge < -0.3 is 14.5 Å². The number of carbonyl (C=O) groups excluding carboxylic acids is 1. The first-order chi connectivity index (χ1) is 8.02. The van der Waals surface area contributed by atoms with Crippen LogP contribution >= 0.6 is 0 Å². The highest BCUT2D eigenvalue weighted by atomic mass is 16.5. The van der Waals surface area contributed by atoms with Crippen molar-refractivity contribution in [3.8, 4) is 0 Å². The molecular formula is C12H18N2O3. The maximum Gasteiger partial charge on any atom is 0.292 e. The summed E-state index contributed by atoms with van der Waals surface area (Å²) >= 11 is 0. The van der Waals surface area contributed by atoms with Crippen molar-refractivity contribution in [3.63, 3.8) is 0 Å². The van der Waals surface area contributed by atoms with Gasteiger partial charge in [0.15, 0.2) is 0 Å². The fraction of sp³-hybridized carbons (Fsp3) is 0.667. The molecule has 5 heteroatoms. The van der Waals surface area contributed by atoms with Gasteiger partial charge in [0, 0.05) is 19.2 Å². The minimum absolute atomic E-state index is 0.222. The van der Waals surface area contributed by atoms with Gasteiger partial charge >= 0.3 is 0 Å². The third kappa shape index (κ3) is 2.49. The van der Waals surface area contributed by atoms with Crippen molar-refractivity contribution in [1.82, 2.24) is 10.1 Å². The zero-order valence-corrected chi connectivity index (χ0v) is 10.3. The Kier molecular flexibility index (Phi) is 3.19. The second-order valence-corrected chi connectivity index (χ2v) is 4.93. The molecule has 1 fully saturated rings. The Balaban J connectivity index is 2.03. The number of hydrogen-bond acceptors (Lipinski definition) is 4. The van der Waals surface area contributed by atoms with Crippen LogP contribution in [-0.4, -0.2) is 40.3 Å². The Hall–Kier alpha value is -1.36. The highest BCUT2D eigenvalue weighted by molar-refractivity contribution is 5.92. The van der Waals surface area contributed by atoms with Crippen molar-refractivity contribution in [2.75, 3.05) is 13.6 Å². The van der Waals surface area contributed by atoms with Gasteiger partial charge in [-0.2, -0.15) is 0 Å². The van der Waals surface area contributed by atoms with Crippen molar-refractivity contribution < 1.29 is 14.4 Å². The molecule has 1 aliphatic rings. The molecule has 0 unspecified atom stereocenters. The summed E-state index contributed by atoms with van der Waals surface area (Å²) in [6, 6.07) is 0. The summed E-state index contributed by atoms with van der Waals surface area (Å²) in [5.74, 6) is 0.0365. The molecule has 0 atom stereocenters. The summed E-state index contributed by atoms with van der Waals surface area (Å²) in [5.41, 5.74) is -0.00141. The Morgan fingerprint density at radius 3 is 2.76 bits per heavy atom. The van der Waals surface area contributed by atoms with Crippen LogP contribution in [0.2, 0.25) is 0 Å². The maximum absolute atomic E-state index is 12.0. The van der Waals surface area contributed by atoms with E-state index in [1.54, 1.807) is 14.0 Å². The molecule has 1 aromatic rings. The topological polar surface area (TPSA) is 66.6 Å². The number of rotatable bonds is 3. The lowest BCUT2D eigenvalue weighted by Crippen LogP contribution is -2.42. The third-order valence-electron chi connectivity index (χ3n) is 3.36. The molecule has 2 rings (SSSR count). The van der Waals surface area contributed by atoms with Crippen molar-refractivity contribution in [2.45, 2.75) is 38.2 Å². The smallest absolute Gasteiger partial charge is 0.292 e. The zero-order valence-electron chi connectivity index (χ0n) is 10.3. The molecule has 1 heterocycles. The highest BCUT2D eigenvalue weighted by Gasteiger charge is 2.34. The molecule has 0 aliphatic heterocycles. The van der Waals surface area contributed by atoms with E-state index in [4.69, 9.17) is 4.52 Å². The summed E-state index contributed by atoms with van der Waals surface area (Å²) < 4.78 is 4.92. The van der Waals surface area contributed by atoms with E-state index in [0.717, 1.165) is 31.2 Å². The van der Waals surface area contributed by atoms with E-state index in [-0.39, 0.29) is 11.7 Å². The molecule has 94 valence electrons. The fourth-order valence-electron chi connectivity index (χ4n) is 2.37. The van der Waals surface area contributed by atoms with E-state index in [0.29, 0.717) is 6.54 Å². The number of amides is 1. The molecule has 5 nitrogen and oxygen atoms in total. The van der Waals surface area contributed by atoms with Gasteiger partial charge in [0.1, 0.15) is 0 Å². The van der Waals surface area contributed by atoms with Crippen molar-refractivity contribution in [3.05, 3.63) is 17.5 Å². The summed E-state index contributed by atoms with van der Waals surface area (Å²) in [6.45, 7) is 2.13. The van der Waals surface area contributed by atoms with E-state index < -0.39 is 5.60 Å². The van der Waals surface area contributed by atoms with E-state index in [1.807, 2.05) is 0 Å². The molecular weight excluding hydrogens is 220 g/mol. The Morgan fingerprint density at radius 2 is 2.24 bits per heavy atom. The van der Waals surface area contributed by atoms with E-state index in [9.17, 15) is 9.90 Å². The highest BCUT2D eigenvalue weighted by Crippen LogP contribution is 2.30. The lowest BCUT2D eigenvalue weighted by Gasteiger charge is -2.28. The summed E-state index contributed by atoms with van der Waals surface area (Å²) in [5, 5.41) is 13.8. The molecule has 1 aromatic heterocycles. The van der Waals surface area contributed by atoms with Gasteiger partial charge in [-0.25, -0.2) is 0 Å². The van der Waals surface area contributed by atoms with E-state index in [1.165, 1.54) is 11.1 Å². The monoisotopic (exact) mass is 238 g/mol. The molecule has 1 N–H and O–H groups in total. The Labute approximate surface area is 100 Å². The SMILES string of the molecule is Cc1cnoc1C(=O)N(C)CC1(O)CCCC1. The van der Waals surface area contributed by atoms with Crippen LogP contribution in [-0.2, 0) is 0 Å². The van der Waals surface area contributed by atoms with Gasteiger partial charge in [0.2, 0.25) is 5.76 Å². The number of nitrogens with zero attached hydrogens (tertiary/aromatic N) is 2. The minimum Gasteiger partial charge on any atom is -0.388 e. The van der Waals surface area contributed by atoms with Gasteiger partial charge in [-0.15, -0.1) is 0 Å². The van der Waals surface area contributed by atoms with Crippen molar-refractivity contribution in [2.24, 2.45) is 0 Å². The van der Waals surface area contributed by atoms with Crippen LogP contribution in [0.1, 0.15) is 41.8 Å². The lowest BCUT2D eigenvalue weighted by atomic mass is 10.0. The molecule has 1 amide bonds. The second kappa shape index (κ2) is 4.49. The number of aliphatic hydroxyl groups is 1. The average Bonchev–Trinajstić information content (AvgIpc) is 2.86. The molecule has 0 radical (unpaired) electrons. The van der Waals surface area contributed by atoms with Gasteiger partial charge in [-0.3, -0.25) is 4.79 Å². The van der Waals surface area contributed by atoms with Crippen LogP contribution in [0.3, 0.4) is 0 Å². The van der Waals surface area contributed by atoms with Crippen LogP contribution in [0.25, 0.3) is 0 Å². The minimum atomic E-state index is -0.724. The zero-order chi connectivity index (χ0) is 12.5. The quantitative estimate of drug-likeness (QED) is 0.863. The van der Waals surface area contributed by atoms with Crippen LogP contribution < -0.4 is 0 Å². The molecule has 1 saturated carbocycles. The lowest BCUT2D eigenvalue weighted by molar-refractivity contribution is 0.0143. The Bertz CT molecular complexity index is 408. The van der Waals surface area contributed by atoms with E-state index in [2.05, 4.69) is 5.16 Å². The van der Waals surface area contributed by atoms with Crippen molar-refractivity contribution >= 4 is 5.91 Å². The first kappa shape index (κ1) is 12.1. The summed E-state index contributed by atoms with van der Waals surface area (Å²) in [7, 11) is 1.68. The Morgan fingerprint density at radius 1 is 1.59 bits per heavy atom. The molecule has 0 bridgehead atoms.